The molecule has 3 nitrogen and oxygen atoms in total. The molecule has 0 aliphatic rings. The minimum atomic E-state index is -0.220. The average molecular weight is 327 g/mol. The lowest BCUT2D eigenvalue weighted by molar-refractivity contribution is -0.121. The zero-order valence-electron chi connectivity index (χ0n) is 11.9. The number of hydrogen-bond acceptors (Lipinski definition) is 2. The highest BCUT2D eigenvalue weighted by Gasteiger charge is 2.11. The SMILES string of the molecule is CCCCCNC(=O)C(C)Nc1ccc(Br)c(C)c1. The van der Waals surface area contributed by atoms with Crippen LogP contribution in [0.2, 0.25) is 0 Å². The molecule has 1 aromatic rings. The minimum Gasteiger partial charge on any atom is -0.374 e. The molecule has 0 saturated carbocycles. The predicted molar refractivity (Wildman–Crippen MR) is 84.5 cm³/mol. The number of carbonyl (C=O) groups excluding carboxylic acids is 1. The zero-order valence-corrected chi connectivity index (χ0v) is 13.5. The average Bonchev–Trinajstić information content (AvgIpc) is 2.38. The van der Waals surface area contributed by atoms with Crippen molar-refractivity contribution in [3.8, 4) is 0 Å². The number of aryl methyl sites for hydroxylation is 1. The van der Waals surface area contributed by atoms with Gasteiger partial charge in [0.1, 0.15) is 6.04 Å². The molecule has 0 aliphatic carbocycles. The second-order valence-corrected chi connectivity index (χ2v) is 5.68. The highest BCUT2D eigenvalue weighted by atomic mass is 79.9. The van der Waals surface area contributed by atoms with Gasteiger partial charge in [-0.15, -0.1) is 0 Å². The topological polar surface area (TPSA) is 41.1 Å². The molecular formula is C15H23BrN2O. The second kappa shape index (κ2) is 8.20. The zero-order chi connectivity index (χ0) is 14.3. The summed E-state index contributed by atoms with van der Waals surface area (Å²) in [5, 5.41) is 6.17. The Balaban J connectivity index is 2.42. The van der Waals surface area contributed by atoms with Gasteiger partial charge in [0.05, 0.1) is 0 Å². The first-order chi connectivity index (χ1) is 9.04. The third-order valence-electron chi connectivity index (χ3n) is 3.01. The van der Waals surface area contributed by atoms with Gasteiger partial charge < -0.3 is 10.6 Å². The van der Waals surface area contributed by atoms with Gasteiger partial charge in [0.25, 0.3) is 0 Å². The van der Waals surface area contributed by atoms with Crippen LogP contribution in [-0.2, 0) is 4.79 Å². The van der Waals surface area contributed by atoms with Gasteiger partial charge in [0.2, 0.25) is 5.91 Å². The van der Waals surface area contributed by atoms with Gasteiger partial charge in [-0.25, -0.2) is 0 Å². The molecular weight excluding hydrogens is 304 g/mol. The first-order valence-corrected chi connectivity index (χ1v) is 7.64. The second-order valence-electron chi connectivity index (χ2n) is 4.83. The van der Waals surface area contributed by atoms with Gasteiger partial charge in [-0.3, -0.25) is 4.79 Å². The Bertz CT molecular complexity index is 421. The lowest BCUT2D eigenvalue weighted by Crippen LogP contribution is -2.38. The van der Waals surface area contributed by atoms with Crippen LogP contribution < -0.4 is 10.6 Å². The summed E-state index contributed by atoms with van der Waals surface area (Å²) in [5.74, 6) is 0.0525. The fourth-order valence-electron chi connectivity index (χ4n) is 1.79. The van der Waals surface area contributed by atoms with Crippen molar-refractivity contribution in [3.63, 3.8) is 0 Å². The normalized spacial score (nSPS) is 12.0. The van der Waals surface area contributed by atoms with Gasteiger partial charge in [-0.1, -0.05) is 35.7 Å². The standard InChI is InChI=1S/C15H23BrN2O/c1-4-5-6-9-17-15(19)12(3)18-13-7-8-14(16)11(2)10-13/h7-8,10,12,18H,4-6,9H2,1-3H3,(H,17,19). The van der Waals surface area contributed by atoms with Crippen molar-refractivity contribution in [1.29, 1.82) is 0 Å². The van der Waals surface area contributed by atoms with Gasteiger partial charge in [-0.2, -0.15) is 0 Å². The molecule has 0 fully saturated rings. The maximum Gasteiger partial charge on any atom is 0.242 e. The van der Waals surface area contributed by atoms with Crippen molar-refractivity contribution in [3.05, 3.63) is 28.2 Å². The summed E-state index contributed by atoms with van der Waals surface area (Å²) >= 11 is 3.47. The number of benzene rings is 1. The highest BCUT2D eigenvalue weighted by Crippen LogP contribution is 2.20. The Hall–Kier alpha value is -1.03. The van der Waals surface area contributed by atoms with Crippen LogP contribution >= 0.6 is 15.9 Å². The number of nitrogens with one attached hydrogen (secondary N) is 2. The van der Waals surface area contributed by atoms with Crippen molar-refractivity contribution < 1.29 is 4.79 Å². The number of anilines is 1. The van der Waals surface area contributed by atoms with E-state index in [0.717, 1.165) is 35.1 Å². The van der Waals surface area contributed by atoms with Gasteiger partial charge in [0, 0.05) is 16.7 Å². The fourth-order valence-corrected chi connectivity index (χ4v) is 2.04. The molecule has 0 bridgehead atoms. The molecule has 1 amide bonds. The molecule has 0 aromatic heterocycles. The van der Waals surface area contributed by atoms with E-state index >= 15 is 0 Å². The van der Waals surface area contributed by atoms with E-state index in [1.807, 2.05) is 32.0 Å². The van der Waals surface area contributed by atoms with Crippen molar-refractivity contribution >= 4 is 27.5 Å². The Kier molecular flexibility index (Phi) is 6.92. The van der Waals surface area contributed by atoms with E-state index in [4.69, 9.17) is 0 Å². The van der Waals surface area contributed by atoms with Crippen molar-refractivity contribution in [1.82, 2.24) is 5.32 Å². The highest BCUT2D eigenvalue weighted by molar-refractivity contribution is 9.10. The lowest BCUT2D eigenvalue weighted by atomic mass is 10.2. The third-order valence-corrected chi connectivity index (χ3v) is 3.90. The van der Waals surface area contributed by atoms with Crippen molar-refractivity contribution in [2.24, 2.45) is 0 Å². The van der Waals surface area contributed by atoms with Crippen LogP contribution in [0, 0.1) is 6.92 Å². The molecule has 19 heavy (non-hydrogen) atoms. The smallest absolute Gasteiger partial charge is 0.242 e. The van der Waals surface area contributed by atoms with E-state index < -0.39 is 0 Å². The Labute approximate surface area is 124 Å². The first kappa shape index (κ1) is 16.0. The van der Waals surface area contributed by atoms with Crippen LogP contribution in [0.4, 0.5) is 5.69 Å². The van der Waals surface area contributed by atoms with Crippen LogP contribution in [0.15, 0.2) is 22.7 Å². The van der Waals surface area contributed by atoms with E-state index in [0.29, 0.717) is 0 Å². The molecule has 1 atom stereocenters. The predicted octanol–water partition coefficient (Wildman–Crippen LogP) is 3.86. The summed E-state index contributed by atoms with van der Waals surface area (Å²) < 4.78 is 1.08. The van der Waals surface area contributed by atoms with Crippen LogP contribution in [-0.4, -0.2) is 18.5 Å². The number of amides is 1. The first-order valence-electron chi connectivity index (χ1n) is 6.85. The fraction of sp³-hybridized carbons (Fsp3) is 0.533. The van der Waals surface area contributed by atoms with Crippen LogP contribution in [0.5, 0.6) is 0 Å². The van der Waals surface area contributed by atoms with Gasteiger partial charge in [0.15, 0.2) is 0 Å². The monoisotopic (exact) mass is 326 g/mol. The van der Waals surface area contributed by atoms with Crippen molar-refractivity contribution in [2.75, 3.05) is 11.9 Å². The molecule has 0 heterocycles. The van der Waals surface area contributed by atoms with E-state index in [9.17, 15) is 4.79 Å². The number of rotatable bonds is 7. The quantitative estimate of drug-likeness (QED) is 0.747. The van der Waals surface area contributed by atoms with Crippen LogP contribution in [0.3, 0.4) is 0 Å². The summed E-state index contributed by atoms with van der Waals surface area (Å²) in [7, 11) is 0. The Morgan fingerprint density at radius 1 is 1.37 bits per heavy atom. The number of carbonyl (C=O) groups is 1. The summed E-state index contributed by atoms with van der Waals surface area (Å²) in [5.41, 5.74) is 2.12. The molecule has 4 heteroatoms. The maximum atomic E-state index is 11.9. The Morgan fingerprint density at radius 2 is 2.11 bits per heavy atom. The molecule has 0 radical (unpaired) electrons. The number of unbranched alkanes of at least 4 members (excludes halogenated alkanes) is 2. The maximum absolute atomic E-state index is 11.9. The van der Waals surface area contributed by atoms with E-state index in [1.165, 1.54) is 6.42 Å². The number of hydrogen-bond donors (Lipinski definition) is 2. The summed E-state index contributed by atoms with van der Waals surface area (Å²) in [6, 6.07) is 5.77. The van der Waals surface area contributed by atoms with Crippen molar-refractivity contribution in [2.45, 2.75) is 46.1 Å². The third kappa shape index (κ3) is 5.64. The molecule has 0 spiro atoms. The van der Waals surface area contributed by atoms with Gasteiger partial charge >= 0.3 is 0 Å². The number of halogens is 1. The van der Waals surface area contributed by atoms with E-state index in [2.05, 4.69) is 33.5 Å². The lowest BCUT2D eigenvalue weighted by Gasteiger charge is -2.16. The Morgan fingerprint density at radius 3 is 2.74 bits per heavy atom. The van der Waals surface area contributed by atoms with Crippen LogP contribution in [0.1, 0.15) is 38.7 Å². The summed E-state index contributed by atoms with van der Waals surface area (Å²) in [6.45, 7) is 6.83. The van der Waals surface area contributed by atoms with E-state index in [-0.39, 0.29) is 11.9 Å². The van der Waals surface area contributed by atoms with E-state index in [1.54, 1.807) is 0 Å². The summed E-state index contributed by atoms with van der Waals surface area (Å²) in [6.07, 6.45) is 3.38. The molecule has 0 aliphatic heterocycles. The largest absolute Gasteiger partial charge is 0.374 e. The molecule has 1 rings (SSSR count). The molecule has 1 unspecified atom stereocenters. The molecule has 2 N–H and O–H groups in total. The molecule has 1 aromatic carbocycles. The van der Waals surface area contributed by atoms with Crippen LogP contribution in [0.25, 0.3) is 0 Å². The summed E-state index contributed by atoms with van der Waals surface area (Å²) in [4.78, 5) is 11.9. The minimum absolute atomic E-state index is 0.0525. The molecule has 0 saturated heterocycles. The van der Waals surface area contributed by atoms with Gasteiger partial charge in [-0.05, 0) is 44.0 Å². The molecule has 106 valence electrons.